The molecular formula is C9H18BrN3O2Si. The first kappa shape index (κ1) is 13.8. The van der Waals surface area contributed by atoms with Crippen LogP contribution in [0.4, 0.5) is 0 Å². The van der Waals surface area contributed by atoms with E-state index in [-0.39, 0.29) is 6.61 Å². The highest BCUT2D eigenvalue weighted by molar-refractivity contribution is 9.10. The first-order chi connectivity index (χ1) is 7.42. The molecule has 0 aromatic carbocycles. The molecule has 1 heterocycles. The Morgan fingerprint density at radius 1 is 1.44 bits per heavy atom. The van der Waals surface area contributed by atoms with Gasteiger partial charge in [-0.05, 0) is 22.0 Å². The average Bonchev–Trinajstić information content (AvgIpc) is 2.53. The Bertz CT molecular complexity index is 338. The zero-order valence-electron chi connectivity index (χ0n) is 9.90. The summed E-state index contributed by atoms with van der Waals surface area (Å²) in [4.78, 5) is 4.00. The number of aromatic nitrogens is 3. The van der Waals surface area contributed by atoms with Crippen molar-refractivity contribution in [3.05, 3.63) is 10.6 Å². The third kappa shape index (κ3) is 4.73. The van der Waals surface area contributed by atoms with E-state index < -0.39 is 8.07 Å². The molecule has 0 spiro atoms. The van der Waals surface area contributed by atoms with Gasteiger partial charge in [0.05, 0.1) is 0 Å². The Hall–Kier alpha value is -0.243. The van der Waals surface area contributed by atoms with Crippen LogP contribution in [-0.2, 0) is 18.1 Å². The molecule has 1 N–H and O–H groups in total. The van der Waals surface area contributed by atoms with Crippen molar-refractivity contribution in [1.29, 1.82) is 0 Å². The minimum atomic E-state index is -1.03. The summed E-state index contributed by atoms with van der Waals surface area (Å²) in [5.74, 6) is 0.403. The second kappa shape index (κ2) is 5.90. The van der Waals surface area contributed by atoms with Crippen molar-refractivity contribution >= 4 is 24.0 Å². The van der Waals surface area contributed by atoms with E-state index in [9.17, 15) is 0 Å². The maximum atomic E-state index is 8.86. The molecule has 7 heteroatoms. The van der Waals surface area contributed by atoms with E-state index >= 15 is 0 Å². The number of rotatable bonds is 6. The molecule has 0 saturated carbocycles. The van der Waals surface area contributed by atoms with Crippen LogP contribution in [0.2, 0.25) is 25.7 Å². The van der Waals surface area contributed by atoms with Crippen LogP contribution in [0.3, 0.4) is 0 Å². The van der Waals surface area contributed by atoms with Gasteiger partial charge in [0.1, 0.15) is 13.3 Å². The lowest BCUT2D eigenvalue weighted by atomic mass is 10.7. The fraction of sp³-hybridized carbons (Fsp3) is 0.778. The van der Waals surface area contributed by atoms with Crippen LogP contribution in [0.25, 0.3) is 0 Å². The molecule has 0 amide bonds. The zero-order valence-corrected chi connectivity index (χ0v) is 12.5. The van der Waals surface area contributed by atoms with E-state index in [0.717, 1.165) is 12.7 Å². The van der Waals surface area contributed by atoms with Crippen LogP contribution < -0.4 is 0 Å². The van der Waals surface area contributed by atoms with E-state index in [1.807, 2.05) is 0 Å². The van der Waals surface area contributed by atoms with E-state index in [1.54, 1.807) is 4.68 Å². The molecule has 16 heavy (non-hydrogen) atoms. The number of hydrogen-bond donors (Lipinski definition) is 1. The highest BCUT2D eigenvalue weighted by atomic mass is 79.9. The normalized spacial score (nSPS) is 12.1. The van der Waals surface area contributed by atoms with E-state index in [0.29, 0.717) is 17.3 Å². The summed E-state index contributed by atoms with van der Waals surface area (Å²) in [5.41, 5.74) is 0. The van der Waals surface area contributed by atoms with Gasteiger partial charge in [0.15, 0.2) is 10.6 Å². The van der Waals surface area contributed by atoms with Crippen LogP contribution in [-0.4, -0.2) is 34.6 Å². The Kier molecular flexibility index (Phi) is 5.10. The van der Waals surface area contributed by atoms with Gasteiger partial charge >= 0.3 is 0 Å². The van der Waals surface area contributed by atoms with Crippen LogP contribution in [0, 0.1) is 0 Å². The Labute approximate surface area is 105 Å². The maximum Gasteiger partial charge on any atom is 0.197 e. The highest BCUT2D eigenvalue weighted by Crippen LogP contribution is 2.10. The molecule has 0 aliphatic rings. The fourth-order valence-corrected chi connectivity index (χ4v) is 2.19. The lowest BCUT2D eigenvalue weighted by Crippen LogP contribution is -2.22. The minimum absolute atomic E-state index is 0.152. The number of nitrogens with zero attached hydrogens (tertiary/aromatic N) is 3. The second-order valence-corrected chi connectivity index (χ2v) is 11.1. The molecule has 0 aliphatic carbocycles. The Morgan fingerprint density at radius 2 is 2.12 bits per heavy atom. The van der Waals surface area contributed by atoms with Gasteiger partial charge in [0.2, 0.25) is 0 Å². The molecule has 92 valence electrons. The summed E-state index contributed by atoms with van der Waals surface area (Å²) in [6, 6.07) is 1.13. The first-order valence-corrected chi connectivity index (χ1v) is 9.70. The molecule has 1 rings (SSSR count). The molecule has 0 unspecified atom stereocenters. The van der Waals surface area contributed by atoms with Gasteiger partial charge in [-0.1, -0.05) is 19.6 Å². The lowest BCUT2D eigenvalue weighted by molar-refractivity contribution is 0.0760. The van der Waals surface area contributed by atoms with Gasteiger partial charge in [0, 0.05) is 14.7 Å². The highest BCUT2D eigenvalue weighted by Gasteiger charge is 2.12. The van der Waals surface area contributed by atoms with Crippen molar-refractivity contribution in [3.8, 4) is 0 Å². The van der Waals surface area contributed by atoms with Crippen molar-refractivity contribution in [3.63, 3.8) is 0 Å². The average molecular weight is 308 g/mol. The van der Waals surface area contributed by atoms with Gasteiger partial charge in [-0.25, -0.2) is 9.67 Å². The predicted octanol–water partition coefficient (Wildman–Crippen LogP) is 1.85. The molecular weight excluding hydrogens is 290 g/mol. The lowest BCUT2D eigenvalue weighted by Gasteiger charge is -2.15. The molecule has 5 nitrogen and oxygen atoms in total. The first-order valence-electron chi connectivity index (χ1n) is 5.20. The Morgan fingerprint density at radius 3 is 2.62 bits per heavy atom. The van der Waals surface area contributed by atoms with Crippen LogP contribution in [0.5, 0.6) is 0 Å². The van der Waals surface area contributed by atoms with Crippen LogP contribution in [0.1, 0.15) is 5.82 Å². The molecule has 1 aromatic rings. The maximum absolute atomic E-state index is 8.86. The predicted molar refractivity (Wildman–Crippen MR) is 67.7 cm³/mol. The number of aliphatic hydroxyl groups excluding tert-OH is 1. The summed E-state index contributed by atoms with van der Waals surface area (Å²) in [7, 11) is -1.03. The van der Waals surface area contributed by atoms with Crippen LogP contribution in [0.15, 0.2) is 4.73 Å². The van der Waals surface area contributed by atoms with Crippen molar-refractivity contribution in [2.75, 3.05) is 6.61 Å². The molecule has 0 bridgehead atoms. The number of ether oxygens (including phenoxy) is 1. The van der Waals surface area contributed by atoms with Gasteiger partial charge in [0.25, 0.3) is 0 Å². The molecule has 0 saturated heterocycles. The second-order valence-electron chi connectivity index (χ2n) is 4.80. The molecule has 0 fully saturated rings. The van der Waals surface area contributed by atoms with Crippen molar-refractivity contribution in [2.45, 2.75) is 39.0 Å². The molecule has 0 radical (unpaired) electrons. The molecule has 0 aliphatic heterocycles. The standard InChI is InChI=1S/C9H18BrN3O2Si/c1-16(2,3)5-4-15-7-13-9(10)11-8(6-14)12-13/h14H,4-7H2,1-3H3. The van der Waals surface area contributed by atoms with Gasteiger partial charge < -0.3 is 9.84 Å². The van der Waals surface area contributed by atoms with E-state index in [1.165, 1.54) is 0 Å². The van der Waals surface area contributed by atoms with E-state index in [4.69, 9.17) is 9.84 Å². The van der Waals surface area contributed by atoms with Gasteiger partial charge in [-0.2, -0.15) is 5.10 Å². The molecule has 0 atom stereocenters. The van der Waals surface area contributed by atoms with Gasteiger partial charge in [-0.3, -0.25) is 0 Å². The summed E-state index contributed by atoms with van der Waals surface area (Å²) in [5, 5.41) is 12.9. The Balaban J connectivity index is 2.34. The number of hydrogen-bond acceptors (Lipinski definition) is 4. The topological polar surface area (TPSA) is 60.2 Å². The smallest absolute Gasteiger partial charge is 0.197 e. The zero-order chi connectivity index (χ0) is 12.2. The summed E-state index contributed by atoms with van der Waals surface area (Å²) in [6.45, 7) is 7.90. The van der Waals surface area contributed by atoms with Crippen molar-refractivity contribution in [1.82, 2.24) is 14.8 Å². The quantitative estimate of drug-likeness (QED) is 0.643. The summed E-state index contributed by atoms with van der Waals surface area (Å²) >= 11 is 3.26. The fourth-order valence-electron chi connectivity index (χ4n) is 1.05. The van der Waals surface area contributed by atoms with Gasteiger partial charge in [-0.15, -0.1) is 0 Å². The third-order valence-corrected chi connectivity index (χ3v) is 4.31. The van der Waals surface area contributed by atoms with Crippen molar-refractivity contribution < 1.29 is 9.84 Å². The van der Waals surface area contributed by atoms with Crippen molar-refractivity contribution in [2.24, 2.45) is 0 Å². The largest absolute Gasteiger partial charge is 0.388 e. The summed E-state index contributed by atoms with van der Waals surface area (Å²) < 4.78 is 7.70. The number of aliphatic hydroxyl groups is 1. The minimum Gasteiger partial charge on any atom is -0.388 e. The summed E-state index contributed by atoms with van der Waals surface area (Å²) in [6.07, 6.45) is 0. The molecule has 1 aromatic heterocycles. The van der Waals surface area contributed by atoms with E-state index in [2.05, 4.69) is 45.7 Å². The van der Waals surface area contributed by atoms with Crippen LogP contribution >= 0.6 is 15.9 Å². The monoisotopic (exact) mass is 307 g/mol. The SMILES string of the molecule is C[Si](C)(C)CCOCn1nc(CO)nc1Br. The third-order valence-electron chi connectivity index (χ3n) is 2.02. The number of halogens is 1.